The van der Waals surface area contributed by atoms with E-state index in [0.717, 1.165) is 5.56 Å². The predicted octanol–water partition coefficient (Wildman–Crippen LogP) is 1.34. The lowest BCUT2D eigenvalue weighted by atomic mass is 10.2. The van der Waals surface area contributed by atoms with Gasteiger partial charge in [-0.1, -0.05) is 12.1 Å². The Kier molecular flexibility index (Phi) is 3.73. The van der Waals surface area contributed by atoms with Crippen molar-refractivity contribution in [1.29, 1.82) is 5.26 Å². The van der Waals surface area contributed by atoms with Gasteiger partial charge in [-0.2, -0.15) is 10.4 Å². The van der Waals surface area contributed by atoms with Crippen molar-refractivity contribution < 1.29 is 8.42 Å². The average Bonchev–Trinajstić information content (AvgIpc) is 2.40. The molecule has 1 N–H and O–H groups in total. The number of nitriles is 1. The number of anilines is 1. The summed E-state index contributed by atoms with van der Waals surface area (Å²) in [5.41, 5.74) is 0.765. The summed E-state index contributed by atoms with van der Waals surface area (Å²) >= 11 is 0. The third-order valence-corrected chi connectivity index (χ3v) is 3.70. The molecule has 0 aliphatic heterocycles. The van der Waals surface area contributed by atoms with Gasteiger partial charge < -0.3 is 0 Å². The van der Waals surface area contributed by atoms with Gasteiger partial charge in [-0.3, -0.25) is 4.72 Å². The van der Waals surface area contributed by atoms with E-state index in [1.54, 1.807) is 18.2 Å². The Morgan fingerprint density at radius 3 is 2.53 bits per heavy atom. The molecule has 1 aromatic carbocycles. The standard InChI is InChI=1S/C12H10N4O2S/c13-8-7-10-3-5-11(6-4-10)19(17,18)16-12-2-1-9-14-15-12/h1-6,9H,7H2,(H,15,16). The molecule has 0 radical (unpaired) electrons. The van der Waals surface area contributed by atoms with Crippen molar-refractivity contribution >= 4 is 15.8 Å². The molecule has 0 fully saturated rings. The molecule has 2 aromatic rings. The van der Waals surface area contributed by atoms with Crippen molar-refractivity contribution in [3.05, 3.63) is 48.2 Å². The van der Waals surface area contributed by atoms with Gasteiger partial charge in [-0.05, 0) is 29.8 Å². The highest BCUT2D eigenvalue weighted by Crippen LogP contribution is 2.14. The van der Waals surface area contributed by atoms with Crippen LogP contribution in [0.3, 0.4) is 0 Å². The third-order valence-electron chi connectivity index (χ3n) is 2.33. The van der Waals surface area contributed by atoms with Crippen molar-refractivity contribution in [2.75, 3.05) is 4.72 Å². The van der Waals surface area contributed by atoms with Crippen LogP contribution in [0.2, 0.25) is 0 Å². The molecular formula is C12H10N4O2S. The highest BCUT2D eigenvalue weighted by Gasteiger charge is 2.14. The van der Waals surface area contributed by atoms with E-state index in [2.05, 4.69) is 14.9 Å². The predicted molar refractivity (Wildman–Crippen MR) is 68.6 cm³/mol. The van der Waals surface area contributed by atoms with Gasteiger partial charge >= 0.3 is 0 Å². The van der Waals surface area contributed by atoms with Crippen molar-refractivity contribution in [3.63, 3.8) is 0 Å². The van der Waals surface area contributed by atoms with Crippen molar-refractivity contribution in [3.8, 4) is 6.07 Å². The van der Waals surface area contributed by atoms with E-state index in [0.29, 0.717) is 0 Å². The first-order valence-electron chi connectivity index (χ1n) is 5.38. The highest BCUT2D eigenvalue weighted by molar-refractivity contribution is 7.92. The Morgan fingerprint density at radius 1 is 1.21 bits per heavy atom. The first-order valence-corrected chi connectivity index (χ1v) is 6.86. The summed E-state index contributed by atoms with van der Waals surface area (Å²) in [6, 6.07) is 11.2. The van der Waals surface area contributed by atoms with Crippen LogP contribution in [0, 0.1) is 11.3 Å². The molecule has 1 heterocycles. The van der Waals surface area contributed by atoms with Gasteiger partial charge in [0.05, 0.1) is 17.4 Å². The van der Waals surface area contributed by atoms with Crippen molar-refractivity contribution in [2.24, 2.45) is 0 Å². The van der Waals surface area contributed by atoms with E-state index < -0.39 is 10.0 Å². The molecule has 0 saturated heterocycles. The molecule has 96 valence electrons. The molecule has 0 unspecified atom stereocenters. The maximum Gasteiger partial charge on any atom is 0.263 e. The van der Waals surface area contributed by atoms with Gasteiger partial charge in [0.1, 0.15) is 0 Å². The zero-order valence-corrected chi connectivity index (χ0v) is 10.6. The first-order chi connectivity index (χ1) is 9.12. The molecule has 2 rings (SSSR count). The number of nitrogens with one attached hydrogen (secondary N) is 1. The zero-order valence-electron chi connectivity index (χ0n) is 9.81. The molecule has 7 heteroatoms. The van der Waals surface area contributed by atoms with Crippen LogP contribution >= 0.6 is 0 Å². The van der Waals surface area contributed by atoms with Gasteiger partial charge in [0.2, 0.25) is 0 Å². The summed E-state index contributed by atoms with van der Waals surface area (Å²) in [5, 5.41) is 15.8. The maximum absolute atomic E-state index is 12.0. The number of hydrogen-bond acceptors (Lipinski definition) is 5. The van der Waals surface area contributed by atoms with Gasteiger partial charge in [0.15, 0.2) is 5.82 Å². The Balaban J connectivity index is 2.23. The van der Waals surface area contributed by atoms with E-state index in [9.17, 15) is 8.42 Å². The van der Waals surface area contributed by atoms with Crippen LogP contribution in [0.15, 0.2) is 47.5 Å². The smallest absolute Gasteiger partial charge is 0.262 e. The second-order valence-electron chi connectivity index (χ2n) is 3.69. The van der Waals surface area contributed by atoms with E-state index >= 15 is 0 Å². The number of sulfonamides is 1. The topological polar surface area (TPSA) is 95.7 Å². The van der Waals surface area contributed by atoms with Crippen LogP contribution < -0.4 is 4.72 Å². The average molecular weight is 274 g/mol. The SMILES string of the molecule is N#CCc1ccc(S(=O)(=O)Nc2cccnn2)cc1. The number of rotatable bonds is 4. The fourth-order valence-corrected chi connectivity index (χ4v) is 2.43. The van der Waals surface area contributed by atoms with Crippen molar-refractivity contribution in [2.45, 2.75) is 11.3 Å². The summed E-state index contributed by atoms with van der Waals surface area (Å²) < 4.78 is 26.4. The second kappa shape index (κ2) is 5.46. The highest BCUT2D eigenvalue weighted by atomic mass is 32.2. The zero-order chi connectivity index (χ0) is 13.7. The van der Waals surface area contributed by atoms with E-state index in [4.69, 9.17) is 5.26 Å². The van der Waals surface area contributed by atoms with Crippen LogP contribution in [0.4, 0.5) is 5.82 Å². The molecule has 1 aromatic heterocycles. The second-order valence-corrected chi connectivity index (χ2v) is 5.38. The molecule has 0 aliphatic carbocycles. The molecule has 0 atom stereocenters. The summed E-state index contributed by atoms with van der Waals surface area (Å²) in [5.74, 6) is 0.156. The Hall–Kier alpha value is -2.46. The minimum absolute atomic E-state index is 0.111. The quantitative estimate of drug-likeness (QED) is 0.907. The van der Waals surface area contributed by atoms with Gasteiger partial charge in [-0.25, -0.2) is 8.42 Å². The number of benzene rings is 1. The van der Waals surface area contributed by atoms with E-state index in [1.807, 2.05) is 6.07 Å². The molecule has 0 bridgehead atoms. The third kappa shape index (κ3) is 3.26. The van der Waals surface area contributed by atoms with Crippen LogP contribution in [-0.2, 0) is 16.4 Å². The normalized spacial score (nSPS) is 10.7. The summed E-state index contributed by atoms with van der Waals surface area (Å²) in [4.78, 5) is 0.111. The van der Waals surface area contributed by atoms with Gasteiger partial charge in [-0.15, -0.1) is 5.10 Å². The number of hydrogen-bond donors (Lipinski definition) is 1. The fraction of sp³-hybridized carbons (Fsp3) is 0.0833. The molecule has 0 aliphatic rings. The monoisotopic (exact) mass is 274 g/mol. The molecule has 19 heavy (non-hydrogen) atoms. The van der Waals surface area contributed by atoms with E-state index in [-0.39, 0.29) is 17.1 Å². The van der Waals surface area contributed by atoms with Gasteiger partial charge in [0, 0.05) is 6.20 Å². The first kappa shape index (κ1) is 13.0. The van der Waals surface area contributed by atoms with Crippen molar-refractivity contribution in [1.82, 2.24) is 10.2 Å². The fourth-order valence-electron chi connectivity index (χ4n) is 1.43. The Bertz CT molecular complexity index is 691. The lowest BCUT2D eigenvalue weighted by molar-refractivity contribution is 0.601. The minimum Gasteiger partial charge on any atom is -0.262 e. The largest absolute Gasteiger partial charge is 0.263 e. The minimum atomic E-state index is -3.68. The Morgan fingerprint density at radius 2 is 1.95 bits per heavy atom. The maximum atomic E-state index is 12.0. The Labute approximate surface area is 110 Å². The molecular weight excluding hydrogens is 264 g/mol. The van der Waals surface area contributed by atoms with Crippen LogP contribution in [-0.4, -0.2) is 18.6 Å². The van der Waals surface area contributed by atoms with E-state index in [1.165, 1.54) is 24.4 Å². The van der Waals surface area contributed by atoms with Crippen LogP contribution in [0.1, 0.15) is 5.56 Å². The van der Waals surface area contributed by atoms with Crippen LogP contribution in [0.25, 0.3) is 0 Å². The lowest BCUT2D eigenvalue weighted by Gasteiger charge is -2.06. The number of nitrogens with zero attached hydrogens (tertiary/aromatic N) is 3. The van der Waals surface area contributed by atoms with Gasteiger partial charge in [0.25, 0.3) is 10.0 Å². The molecule has 0 spiro atoms. The lowest BCUT2D eigenvalue weighted by Crippen LogP contribution is -2.14. The molecule has 0 saturated carbocycles. The summed E-state index contributed by atoms with van der Waals surface area (Å²) in [6.45, 7) is 0. The molecule has 0 amide bonds. The summed E-state index contributed by atoms with van der Waals surface area (Å²) in [7, 11) is -3.68. The summed E-state index contributed by atoms with van der Waals surface area (Å²) in [6.07, 6.45) is 1.70. The number of aromatic nitrogens is 2. The van der Waals surface area contributed by atoms with Crippen LogP contribution in [0.5, 0.6) is 0 Å². The molecule has 6 nitrogen and oxygen atoms in total.